The summed E-state index contributed by atoms with van der Waals surface area (Å²) < 4.78 is 0. The lowest BCUT2D eigenvalue weighted by molar-refractivity contribution is 0.430. The Bertz CT molecular complexity index is 539. The maximum atomic E-state index is 6.13. The van der Waals surface area contributed by atoms with Crippen LogP contribution in [-0.2, 0) is 0 Å². The van der Waals surface area contributed by atoms with Gasteiger partial charge in [-0.3, -0.25) is 0 Å². The zero-order valence-corrected chi connectivity index (χ0v) is 14.0. The van der Waals surface area contributed by atoms with Crippen LogP contribution in [0.4, 0.5) is 0 Å². The molecule has 0 aliphatic heterocycles. The molecular formula is C16H19Cl2NS. The van der Waals surface area contributed by atoms with Crippen molar-refractivity contribution in [3.8, 4) is 0 Å². The fourth-order valence-corrected chi connectivity index (χ4v) is 3.49. The second-order valence-electron chi connectivity index (χ2n) is 4.78. The fraction of sp³-hybridized carbons (Fsp3) is 0.375. The minimum absolute atomic E-state index is 0.289. The van der Waals surface area contributed by atoms with E-state index < -0.39 is 0 Å². The molecule has 1 heterocycles. The van der Waals surface area contributed by atoms with Crippen LogP contribution in [0.5, 0.6) is 0 Å². The van der Waals surface area contributed by atoms with Gasteiger partial charge in [-0.05, 0) is 42.0 Å². The van der Waals surface area contributed by atoms with E-state index in [9.17, 15) is 0 Å². The summed E-state index contributed by atoms with van der Waals surface area (Å²) in [5.74, 6) is 0. The first-order valence-corrected chi connectivity index (χ1v) is 8.53. The lowest BCUT2D eigenvalue weighted by Crippen LogP contribution is -2.25. The lowest BCUT2D eigenvalue weighted by atomic mass is 10.0. The number of hydrogen-bond acceptors (Lipinski definition) is 2. The largest absolute Gasteiger partial charge is 0.302 e. The van der Waals surface area contributed by atoms with Crippen LogP contribution in [0.15, 0.2) is 35.7 Å². The molecule has 4 heteroatoms. The molecule has 0 bridgehead atoms. The predicted octanol–water partition coefficient (Wildman–Crippen LogP) is 6.25. The van der Waals surface area contributed by atoms with Gasteiger partial charge in [0, 0.05) is 17.0 Å². The van der Waals surface area contributed by atoms with E-state index in [4.69, 9.17) is 23.2 Å². The minimum atomic E-state index is 0.289. The van der Waals surface area contributed by atoms with Gasteiger partial charge in [0.25, 0.3) is 0 Å². The maximum Gasteiger partial charge on any atom is 0.0595 e. The molecule has 0 saturated carbocycles. The zero-order chi connectivity index (χ0) is 14.5. The molecule has 20 heavy (non-hydrogen) atoms. The fourth-order valence-electron chi connectivity index (χ4n) is 2.31. The molecular weight excluding hydrogens is 309 g/mol. The molecule has 0 saturated heterocycles. The lowest BCUT2D eigenvalue weighted by Gasteiger charge is -2.24. The highest BCUT2D eigenvalue weighted by Crippen LogP contribution is 2.30. The number of halogens is 2. The highest BCUT2D eigenvalue weighted by Gasteiger charge is 2.17. The van der Waals surface area contributed by atoms with E-state index >= 15 is 0 Å². The maximum absolute atomic E-state index is 6.13. The predicted molar refractivity (Wildman–Crippen MR) is 90.0 cm³/mol. The number of rotatable bonds is 6. The van der Waals surface area contributed by atoms with Crippen molar-refractivity contribution >= 4 is 34.5 Å². The van der Waals surface area contributed by atoms with Gasteiger partial charge in [-0.15, -0.1) is 11.3 Å². The van der Waals surface area contributed by atoms with Gasteiger partial charge in [0.2, 0.25) is 0 Å². The first-order chi connectivity index (χ1) is 9.65. The van der Waals surface area contributed by atoms with Crippen molar-refractivity contribution in [2.45, 2.75) is 38.8 Å². The molecule has 1 nitrogen and oxygen atoms in total. The molecule has 2 rings (SSSR count). The quantitative estimate of drug-likeness (QED) is 0.661. The molecule has 0 fully saturated rings. The summed E-state index contributed by atoms with van der Waals surface area (Å²) in [6.07, 6.45) is 2.08. The number of nitrogens with one attached hydrogen (secondary N) is 1. The van der Waals surface area contributed by atoms with Crippen LogP contribution in [0.1, 0.15) is 49.2 Å². The third-order valence-electron chi connectivity index (χ3n) is 3.45. The van der Waals surface area contributed by atoms with Crippen LogP contribution in [0.25, 0.3) is 0 Å². The summed E-state index contributed by atoms with van der Waals surface area (Å²) in [5, 5.41) is 7.08. The molecule has 2 aromatic rings. The van der Waals surface area contributed by atoms with Gasteiger partial charge in [-0.25, -0.2) is 0 Å². The summed E-state index contributed by atoms with van der Waals surface area (Å²) in [6.45, 7) is 4.39. The summed E-state index contributed by atoms with van der Waals surface area (Å²) >= 11 is 13.9. The summed E-state index contributed by atoms with van der Waals surface area (Å²) in [7, 11) is 0. The number of benzene rings is 1. The first-order valence-electron chi connectivity index (χ1n) is 6.90. The molecule has 2 atom stereocenters. The Hall–Kier alpha value is -0.540. The smallest absolute Gasteiger partial charge is 0.0595 e. The second-order valence-corrected chi connectivity index (χ2v) is 6.57. The van der Waals surface area contributed by atoms with Gasteiger partial charge in [-0.2, -0.15) is 0 Å². The Balaban J connectivity index is 2.17. The van der Waals surface area contributed by atoms with Crippen LogP contribution in [-0.4, -0.2) is 0 Å². The molecule has 0 aliphatic carbocycles. The third kappa shape index (κ3) is 3.76. The molecule has 2 unspecified atom stereocenters. The molecule has 108 valence electrons. The molecule has 0 amide bonds. The highest BCUT2D eigenvalue weighted by molar-refractivity contribution is 7.10. The number of hydrogen-bond donors (Lipinski definition) is 1. The normalized spacial score (nSPS) is 14.2. The van der Waals surface area contributed by atoms with Crippen molar-refractivity contribution in [2.24, 2.45) is 0 Å². The molecule has 1 aromatic carbocycles. The Morgan fingerprint density at radius 1 is 1.05 bits per heavy atom. The van der Waals surface area contributed by atoms with Crippen LogP contribution >= 0.6 is 34.5 Å². The van der Waals surface area contributed by atoms with Gasteiger partial charge >= 0.3 is 0 Å². The Morgan fingerprint density at radius 3 is 2.35 bits per heavy atom. The van der Waals surface area contributed by atoms with Gasteiger partial charge in [-0.1, -0.05) is 49.2 Å². The molecule has 0 aliphatic rings. The average molecular weight is 328 g/mol. The molecule has 1 aromatic heterocycles. The van der Waals surface area contributed by atoms with E-state index in [1.807, 2.05) is 12.1 Å². The molecule has 0 spiro atoms. The van der Waals surface area contributed by atoms with Crippen molar-refractivity contribution in [3.63, 3.8) is 0 Å². The molecule has 1 N–H and O–H groups in total. The van der Waals surface area contributed by atoms with E-state index in [0.29, 0.717) is 16.1 Å². The van der Waals surface area contributed by atoms with Crippen molar-refractivity contribution in [2.75, 3.05) is 0 Å². The van der Waals surface area contributed by atoms with E-state index in [2.05, 4.69) is 42.7 Å². The summed E-state index contributed by atoms with van der Waals surface area (Å²) in [6, 6.07) is 10.8. The summed E-state index contributed by atoms with van der Waals surface area (Å²) in [5.41, 5.74) is 1.19. The zero-order valence-electron chi connectivity index (χ0n) is 11.7. The van der Waals surface area contributed by atoms with Crippen molar-refractivity contribution in [1.82, 2.24) is 5.32 Å². The van der Waals surface area contributed by atoms with E-state index in [1.165, 1.54) is 10.4 Å². The minimum Gasteiger partial charge on any atom is -0.302 e. The average Bonchev–Trinajstić information content (AvgIpc) is 2.97. The van der Waals surface area contributed by atoms with Crippen molar-refractivity contribution < 1.29 is 0 Å². The molecule has 0 radical (unpaired) electrons. The van der Waals surface area contributed by atoms with Gasteiger partial charge in [0.15, 0.2) is 0 Å². The van der Waals surface area contributed by atoms with E-state index in [-0.39, 0.29) is 6.04 Å². The first kappa shape index (κ1) is 15.8. The van der Waals surface area contributed by atoms with Crippen molar-refractivity contribution in [3.05, 3.63) is 56.2 Å². The van der Waals surface area contributed by atoms with Crippen molar-refractivity contribution in [1.29, 1.82) is 0 Å². The summed E-state index contributed by atoms with van der Waals surface area (Å²) in [4.78, 5) is 1.38. The standard InChI is InChI=1S/C16H19Cl2NS/c1-3-14(11-7-8-12(17)13(18)10-11)19-15(4-2)16-6-5-9-20-16/h5-10,14-15,19H,3-4H2,1-2H3. The topological polar surface area (TPSA) is 12.0 Å². The monoisotopic (exact) mass is 327 g/mol. The van der Waals surface area contributed by atoms with Gasteiger partial charge < -0.3 is 5.32 Å². The Kier molecular flexibility index (Phi) is 5.91. The highest BCUT2D eigenvalue weighted by atomic mass is 35.5. The van der Waals surface area contributed by atoms with E-state index in [0.717, 1.165) is 12.8 Å². The van der Waals surface area contributed by atoms with Crippen LogP contribution in [0, 0.1) is 0 Å². The van der Waals surface area contributed by atoms with Crippen LogP contribution < -0.4 is 5.32 Å². The second kappa shape index (κ2) is 7.46. The van der Waals surface area contributed by atoms with Crippen LogP contribution in [0.2, 0.25) is 10.0 Å². The Labute approximate surface area is 134 Å². The van der Waals surface area contributed by atoms with Crippen LogP contribution in [0.3, 0.4) is 0 Å². The SMILES string of the molecule is CCC(NC(CC)c1cccs1)c1ccc(Cl)c(Cl)c1. The number of thiophene rings is 1. The van der Waals surface area contributed by atoms with Gasteiger partial charge in [0.1, 0.15) is 0 Å². The van der Waals surface area contributed by atoms with E-state index in [1.54, 1.807) is 11.3 Å². The Morgan fingerprint density at radius 2 is 1.80 bits per heavy atom. The van der Waals surface area contributed by atoms with Gasteiger partial charge in [0.05, 0.1) is 10.0 Å². The third-order valence-corrected chi connectivity index (χ3v) is 5.18.